The minimum absolute atomic E-state index is 0.000677. The molecule has 228 valence electrons. The summed E-state index contributed by atoms with van der Waals surface area (Å²) in [5.41, 5.74) is 10.8. The van der Waals surface area contributed by atoms with E-state index >= 15 is 0 Å². The Morgan fingerprint density at radius 3 is 2.25 bits per heavy atom. The second-order valence-corrected chi connectivity index (χ2v) is 12.3. The number of thiocarbonyl (C=S) groups is 1. The second-order valence-electron chi connectivity index (χ2n) is 10.4. The summed E-state index contributed by atoms with van der Waals surface area (Å²) >= 11 is 5.49. The number of amidine groups is 1. The van der Waals surface area contributed by atoms with Crippen molar-refractivity contribution in [2.45, 2.75) is 44.2 Å². The molecule has 0 aliphatic rings. The van der Waals surface area contributed by atoms with Gasteiger partial charge >= 0.3 is 0 Å². The molecule has 0 fully saturated rings. The molecule has 0 aliphatic carbocycles. The van der Waals surface area contributed by atoms with Crippen LogP contribution in [0.25, 0.3) is 11.1 Å². The molecule has 0 heterocycles. The lowest BCUT2D eigenvalue weighted by Gasteiger charge is -2.29. The Balaban J connectivity index is 1.49. The normalized spacial score (nSPS) is 12.4. The van der Waals surface area contributed by atoms with Gasteiger partial charge in [-0.2, -0.15) is 0 Å². The number of amides is 1. The van der Waals surface area contributed by atoms with E-state index in [1.807, 2.05) is 91.5 Å². The molecule has 4 rings (SSSR count). The fourth-order valence-corrected chi connectivity index (χ4v) is 5.73. The number of methoxy groups -OCH3 is 1. The van der Waals surface area contributed by atoms with Gasteiger partial charge in [0.1, 0.15) is 16.6 Å². The Kier molecular flexibility index (Phi) is 10.6. The van der Waals surface area contributed by atoms with Crippen molar-refractivity contribution in [3.05, 3.63) is 119 Å². The van der Waals surface area contributed by atoms with Crippen molar-refractivity contribution >= 4 is 39.0 Å². The van der Waals surface area contributed by atoms with Crippen molar-refractivity contribution < 1.29 is 17.9 Å². The molecule has 8 nitrogen and oxygen atoms in total. The molecule has 44 heavy (non-hydrogen) atoms. The van der Waals surface area contributed by atoms with E-state index in [9.17, 15) is 13.2 Å². The van der Waals surface area contributed by atoms with Gasteiger partial charge in [0, 0.05) is 29.3 Å². The molecular weight excluding hydrogens is 593 g/mol. The number of sulfonamides is 1. The molecule has 10 heteroatoms. The first-order valence-corrected chi connectivity index (χ1v) is 16.1. The molecule has 1 atom stereocenters. The first kappa shape index (κ1) is 32.5. The zero-order valence-corrected chi connectivity index (χ0v) is 26.6. The van der Waals surface area contributed by atoms with E-state index < -0.39 is 10.0 Å². The maximum atomic E-state index is 13.6. The van der Waals surface area contributed by atoms with Crippen LogP contribution >= 0.6 is 12.2 Å². The van der Waals surface area contributed by atoms with Gasteiger partial charge in [-0.05, 0) is 66.4 Å². The average Bonchev–Trinajstić information content (AvgIpc) is 3.03. The fraction of sp³-hybridized carbons (Fsp3) is 0.206. The lowest BCUT2D eigenvalue weighted by molar-refractivity contribution is -0.133. The number of hydrogen-bond donors (Lipinski definition) is 2. The van der Waals surface area contributed by atoms with Gasteiger partial charge in [0.2, 0.25) is 15.9 Å². The van der Waals surface area contributed by atoms with E-state index in [-0.39, 0.29) is 29.1 Å². The number of carbonyl (C=O) groups is 1. The summed E-state index contributed by atoms with van der Waals surface area (Å²) in [5.74, 6) is 0.993. The highest BCUT2D eigenvalue weighted by atomic mass is 32.2. The summed E-state index contributed by atoms with van der Waals surface area (Å²) in [7, 11) is -2.28. The minimum atomic E-state index is -3.88. The van der Waals surface area contributed by atoms with Gasteiger partial charge in [0.25, 0.3) is 0 Å². The topological polar surface area (TPSA) is 128 Å². The van der Waals surface area contributed by atoms with Crippen LogP contribution in [-0.4, -0.2) is 43.2 Å². The monoisotopic (exact) mass is 628 g/mol. The van der Waals surface area contributed by atoms with E-state index in [0.717, 1.165) is 28.9 Å². The fourth-order valence-electron chi connectivity index (χ4n) is 4.74. The van der Waals surface area contributed by atoms with E-state index in [0.29, 0.717) is 28.2 Å². The average molecular weight is 629 g/mol. The van der Waals surface area contributed by atoms with Gasteiger partial charge in [0.15, 0.2) is 0 Å². The lowest BCUT2D eigenvalue weighted by atomic mass is 10.0. The zero-order valence-electron chi connectivity index (χ0n) is 24.9. The van der Waals surface area contributed by atoms with E-state index in [4.69, 9.17) is 27.8 Å². The van der Waals surface area contributed by atoms with Crippen LogP contribution in [-0.2, 0) is 27.8 Å². The van der Waals surface area contributed by atoms with Crippen LogP contribution < -0.4 is 15.6 Å². The number of benzene rings is 4. The highest BCUT2D eigenvalue weighted by Gasteiger charge is 2.21. The highest BCUT2D eigenvalue weighted by Crippen LogP contribution is 2.27. The highest BCUT2D eigenvalue weighted by molar-refractivity contribution is 7.89. The molecule has 0 bridgehead atoms. The van der Waals surface area contributed by atoms with E-state index in [1.54, 1.807) is 25.3 Å². The van der Waals surface area contributed by atoms with Crippen molar-refractivity contribution in [3.63, 3.8) is 0 Å². The molecule has 0 radical (unpaired) electrons. The number of nitrogens with zero attached hydrogens (tertiary/aromatic N) is 2. The van der Waals surface area contributed by atoms with Crippen LogP contribution in [0, 0.1) is 0 Å². The van der Waals surface area contributed by atoms with Crippen molar-refractivity contribution in [3.8, 4) is 16.9 Å². The molecule has 0 saturated carbocycles. The van der Waals surface area contributed by atoms with Crippen molar-refractivity contribution in [1.82, 2.24) is 4.90 Å². The van der Waals surface area contributed by atoms with E-state index in [2.05, 4.69) is 4.99 Å². The van der Waals surface area contributed by atoms with E-state index in [1.165, 1.54) is 6.07 Å². The van der Waals surface area contributed by atoms with Crippen LogP contribution in [0.4, 0.5) is 0 Å². The summed E-state index contributed by atoms with van der Waals surface area (Å²) in [6.45, 7) is 4.47. The molecular formula is C34H36N4O4S2. The maximum absolute atomic E-state index is 13.6. The second kappa shape index (κ2) is 14.4. The molecule has 1 amide bonds. The lowest BCUT2D eigenvalue weighted by Crippen LogP contribution is -2.38. The number of ether oxygens (including phenoxy) is 1. The first-order valence-electron chi connectivity index (χ1n) is 14.1. The third-order valence-electron chi connectivity index (χ3n) is 7.39. The Labute approximate surface area is 264 Å². The SMILES string of the molecule is CCC(C)N(Cc1cccc(C(N)=NC(=S)c2ccc(OC)cc2)c1)C(=O)Cc1ccc(-c2ccccc2S(N)(=O)=O)cc1. The van der Waals surface area contributed by atoms with Crippen molar-refractivity contribution in [2.75, 3.05) is 7.11 Å². The van der Waals surface area contributed by atoms with Crippen molar-refractivity contribution in [2.24, 2.45) is 15.9 Å². The first-order chi connectivity index (χ1) is 21.0. The van der Waals surface area contributed by atoms with Gasteiger partial charge in [-0.25, -0.2) is 18.5 Å². The van der Waals surface area contributed by atoms with Crippen LogP contribution in [0.15, 0.2) is 107 Å². The molecule has 0 saturated heterocycles. The number of nitrogens with two attached hydrogens (primary N) is 2. The standard InChI is InChI=1S/C34H36N4O4S2/c1-4-23(2)38(32(39)21-24-12-14-26(15-13-24)30-10-5-6-11-31(30)44(36,40)41)22-25-8-7-9-28(20-25)33(35)37-34(43)27-16-18-29(42-3)19-17-27/h5-20,23H,4,21-22H2,1-3H3,(H2,35,37,43)(H2,36,40,41). The number of aliphatic imine (C=N–C) groups is 1. The van der Waals surface area contributed by atoms with Gasteiger partial charge < -0.3 is 15.4 Å². The Morgan fingerprint density at radius 1 is 0.932 bits per heavy atom. The summed E-state index contributed by atoms with van der Waals surface area (Å²) in [5, 5.41) is 5.41. The summed E-state index contributed by atoms with van der Waals surface area (Å²) in [6, 6.07) is 28.8. The van der Waals surface area contributed by atoms with Gasteiger partial charge in [0.05, 0.1) is 18.4 Å². The number of primary sulfonamides is 1. The molecule has 4 N–H and O–H groups in total. The minimum Gasteiger partial charge on any atom is -0.497 e. The third-order valence-corrected chi connectivity index (χ3v) is 8.69. The summed E-state index contributed by atoms with van der Waals surface area (Å²) < 4.78 is 29.3. The molecule has 0 aromatic heterocycles. The smallest absolute Gasteiger partial charge is 0.238 e. The summed E-state index contributed by atoms with van der Waals surface area (Å²) in [6.07, 6.45) is 0.981. The predicted octanol–water partition coefficient (Wildman–Crippen LogP) is 5.46. The predicted molar refractivity (Wildman–Crippen MR) is 179 cm³/mol. The Bertz CT molecular complexity index is 1770. The molecule has 4 aromatic rings. The molecule has 0 spiro atoms. The van der Waals surface area contributed by atoms with Gasteiger partial charge in [-0.15, -0.1) is 0 Å². The zero-order chi connectivity index (χ0) is 31.9. The number of carbonyl (C=O) groups excluding carboxylic acids is 1. The summed E-state index contributed by atoms with van der Waals surface area (Å²) in [4.78, 5) is 20.3. The van der Waals surface area contributed by atoms with Crippen LogP contribution in [0.3, 0.4) is 0 Å². The van der Waals surface area contributed by atoms with Gasteiger partial charge in [-0.3, -0.25) is 4.79 Å². The Morgan fingerprint density at radius 2 is 1.61 bits per heavy atom. The quantitative estimate of drug-likeness (QED) is 0.129. The number of hydrogen-bond acceptors (Lipinski definition) is 5. The van der Waals surface area contributed by atoms with Crippen LogP contribution in [0.2, 0.25) is 0 Å². The largest absolute Gasteiger partial charge is 0.497 e. The van der Waals surface area contributed by atoms with Crippen molar-refractivity contribution in [1.29, 1.82) is 0 Å². The maximum Gasteiger partial charge on any atom is 0.238 e. The molecule has 4 aromatic carbocycles. The third kappa shape index (κ3) is 8.16. The van der Waals surface area contributed by atoms with Crippen LogP contribution in [0.1, 0.15) is 42.5 Å². The van der Waals surface area contributed by atoms with Gasteiger partial charge in [-0.1, -0.05) is 79.8 Å². The molecule has 1 unspecified atom stereocenters. The Hall–Kier alpha value is -4.38. The molecule has 0 aliphatic heterocycles. The van der Waals surface area contributed by atoms with Crippen LogP contribution in [0.5, 0.6) is 5.75 Å². The number of rotatable bonds is 11.